The molecule has 1 heterocycles. The first kappa shape index (κ1) is 35.6. The van der Waals surface area contributed by atoms with E-state index in [0.29, 0.717) is 12.5 Å². The van der Waals surface area contributed by atoms with Crippen molar-refractivity contribution in [3.8, 4) is 0 Å². The van der Waals surface area contributed by atoms with Gasteiger partial charge in [0.1, 0.15) is 5.82 Å². The average Bonchev–Trinajstić information content (AvgIpc) is 3.42. The van der Waals surface area contributed by atoms with E-state index in [9.17, 15) is 4.79 Å². The Bertz CT molecular complexity index is 1220. The maximum Gasteiger partial charge on any atom is 0.207 e. The summed E-state index contributed by atoms with van der Waals surface area (Å²) in [5.41, 5.74) is 5.09. The van der Waals surface area contributed by atoms with Crippen molar-refractivity contribution in [2.45, 2.75) is 59.8 Å². The molecule has 1 unspecified atom stereocenters. The number of anilines is 1. The van der Waals surface area contributed by atoms with Gasteiger partial charge in [-0.05, 0) is 88.4 Å². The summed E-state index contributed by atoms with van der Waals surface area (Å²) >= 11 is 0. The summed E-state index contributed by atoms with van der Waals surface area (Å²) in [6, 6.07) is 8.55. The Hall–Kier alpha value is -3.62. The van der Waals surface area contributed by atoms with Crippen molar-refractivity contribution in [3.63, 3.8) is 0 Å². The quantitative estimate of drug-likeness (QED) is 0.0569. The highest BCUT2D eigenvalue weighted by molar-refractivity contribution is 5.84. The lowest BCUT2D eigenvalue weighted by molar-refractivity contribution is -0.109. The molecular weight excluding hydrogens is 536 g/mol. The molecule has 0 aliphatic heterocycles. The van der Waals surface area contributed by atoms with Crippen LogP contribution in [0.25, 0.3) is 10.9 Å². The monoisotopic (exact) mass is 590 g/mol. The Kier molecular flexibility index (Phi) is 16.8. The van der Waals surface area contributed by atoms with Crippen molar-refractivity contribution in [2.75, 3.05) is 51.8 Å². The fourth-order valence-electron chi connectivity index (χ4n) is 5.06. The van der Waals surface area contributed by atoms with Crippen molar-refractivity contribution in [3.05, 3.63) is 78.6 Å². The number of carbonyl (C=O) groups is 1. The molecule has 0 aliphatic carbocycles. The van der Waals surface area contributed by atoms with Crippen LogP contribution in [-0.2, 0) is 16.0 Å². The summed E-state index contributed by atoms with van der Waals surface area (Å²) in [7, 11) is 1.98. The Labute approximate surface area is 259 Å². The second-order valence-electron chi connectivity index (χ2n) is 10.6. The van der Waals surface area contributed by atoms with E-state index < -0.39 is 0 Å². The molecule has 236 valence electrons. The van der Waals surface area contributed by atoms with Crippen molar-refractivity contribution < 1.29 is 9.53 Å². The number of aliphatic imine (C=N–C) groups is 1. The van der Waals surface area contributed by atoms with E-state index in [4.69, 9.17) is 4.74 Å². The van der Waals surface area contributed by atoms with Gasteiger partial charge in [-0.3, -0.25) is 9.79 Å². The lowest BCUT2D eigenvalue weighted by Gasteiger charge is -2.26. The molecule has 2 rings (SSSR count). The van der Waals surface area contributed by atoms with Crippen molar-refractivity contribution in [1.29, 1.82) is 0 Å². The number of hydrogen-bond acceptors (Lipinski definition) is 6. The summed E-state index contributed by atoms with van der Waals surface area (Å²) < 4.78 is 5.96. The minimum absolute atomic E-state index is 0.477. The van der Waals surface area contributed by atoms with Gasteiger partial charge in [0.05, 0.1) is 18.0 Å². The minimum Gasteiger partial charge on any atom is -0.380 e. The average molecular weight is 591 g/mol. The predicted molar refractivity (Wildman–Crippen MR) is 183 cm³/mol. The first-order chi connectivity index (χ1) is 20.9. The van der Waals surface area contributed by atoms with E-state index >= 15 is 0 Å². The molecule has 1 aromatic carbocycles. The van der Waals surface area contributed by atoms with Crippen LogP contribution in [0.2, 0.25) is 0 Å². The fraction of sp³-hybridized carbons (Fsp3) is 0.486. The van der Waals surface area contributed by atoms with Gasteiger partial charge in [-0.1, -0.05) is 46.1 Å². The number of allylic oxidation sites excluding steroid dienone is 3. The van der Waals surface area contributed by atoms with Gasteiger partial charge in [0.2, 0.25) is 6.41 Å². The number of rotatable bonds is 23. The maximum atomic E-state index is 10.8. The van der Waals surface area contributed by atoms with E-state index in [1.54, 1.807) is 12.3 Å². The standard InChI is InChI=1S/C35H54N6O2/c1-8-13-34(37-10-3)35(14-9-2)40(7)28(6)38-31-17-18-33-30(25-31)26-32(39-33)16-15-29(19-21-36-27-42)20-23-43-24-22-41(11-4)12-5/h9-10,13-14,17-18,25-27,29,38-39H,2,6,8,11-12,15-16,19-24H2,1,3-5,7H3,(H,36,42)/b34-13-,35-14-,37-10?. The summed E-state index contributed by atoms with van der Waals surface area (Å²) in [4.78, 5) is 23.3. The van der Waals surface area contributed by atoms with Gasteiger partial charge in [-0.2, -0.15) is 0 Å². The van der Waals surface area contributed by atoms with Gasteiger partial charge in [0, 0.05) is 55.2 Å². The number of ether oxygens (including phenoxy) is 1. The summed E-state index contributed by atoms with van der Waals surface area (Å²) in [5, 5.41) is 7.43. The van der Waals surface area contributed by atoms with E-state index in [-0.39, 0.29) is 0 Å². The summed E-state index contributed by atoms with van der Waals surface area (Å²) in [6.45, 7) is 21.8. The van der Waals surface area contributed by atoms with Crippen LogP contribution in [-0.4, -0.2) is 73.8 Å². The van der Waals surface area contributed by atoms with Gasteiger partial charge in [-0.15, -0.1) is 0 Å². The van der Waals surface area contributed by atoms with E-state index in [1.165, 1.54) is 5.69 Å². The van der Waals surface area contributed by atoms with Crippen molar-refractivity contribution >= 4 is 29.2 Å². The number of likely N-dealkylation sites (N-methyl/N-ethyl adjacent to an activating group) is 2. The number of fused-ring (bicyclic) bond motifs is 1. The topological polar surface area (TPSA) is 85.0 Å². The maximum absolute atomic E-state index is 10.8. The van der Waals surface area contributed by atoms with Crippen LogP contribution in [0.15, 0.2) is 77.9 Å². The van der Waals surface area contributed by atoms with Crippen LogP contribution in [0.1, 0.15) is 59.1 Å². The molecule has 8 nitrogen and oxygen atoms in total. The molecule has 3 N–H and O–H groups in total. The zero-order valence-corrected chi connectivity index (χ0v) is 27.1. The van der Waals surface area contributed by atoms with Gasteiger partial charge in [0.25, 0.3) is 0 Å². The first-order valence-corrected chi connectivity index (χ1v) is 15.7. The molecule has 1 atom stereocenters. The number of nitrogens with one attached hydrogen (secondary N) is 3. The van der Waals surface area contributed by atoms with Crippen LogP contribution < -0.4 is 10.6 Å². The van der Waals surface area contributed by atoms with Crippen LogP contribution in [0.3, 0.4) is 0 Å². The van der Waals surface area contributed by atoms with Crippen LogP contribution in [0, 0.1) is 5.92 Å². The Morgan fingerprint density at radius 3 is 2.60 bits per heavy atom. The summed E-state index contributed by atoms with van der Waals surface area (Å²) in [6.07, 6.45) is 13.2. The molecule has 0 fully saturated rings. The SMILES string of the molecule is C=C/C=C(/C(=C/CC)N=CC)N(C)C(=C)Nc1ccc2[nH]c(CCC(CCNC=O)CCOCCN(CC)CC)cc2c1. The van der Waals surface area contributed by atoms with Gasteiger partial charge in [0.15, 0.2) is 0 Å². The van der Waals surface area contributed by atoms with Crippen molar-refractivity contribution in [2.24, 2.45) is 10.9 Å². The molecule has 0 saturated heterocycles. The normalized spacial score (nSPS) is 13.1. The Balaban J connectivity index is 2.03. The first-order valence-electron chi connectivity index (χ1n) is 15.7. The predicted octanol–water partition coefficient (Wildman–Crippen LogP) is 6.87. The number of amides is 1. The third-order valence-corrected chi connectivity index (χ3v) is 7.65. The van der Waals surface area contributed by atoms with Crippen LogP contribution in [0.4, 0.5) is 5.69 Å². The highest BCUT2D eigenvalue weighted by Crippen LogP contribution is 2.26. The number of benzene rings is 1. The highest BCUT2D eigenvalue weighted by Gasteiger charge is 2.14. The minimum atomic E-state index is 0.477. The molecular formula is C35H54N6O2. The van der Waals surface area contributed by atoms with E-state index in [0.717, 1.165) is 105 Å². The lowest BCUT2D eigenvalue weighted by atomic mass is 9.95. The third kappa shape index (κ3) is 12.3. The molecule has 0 saturated carbocycles. The lowest BCUT2D eigenvalue weighted by Crippen LogP contribution is -2.27. The number of H-pyrrole nitrogens is 1. The number of aromatic amines is 1. The molecule has 0 radical (unpaired) electrons. The van der Waals surface area contributed by atoms with Gasteiger partial charge >= 0.3 is 0 Å². The van der Waals surface area contributed by atoms with Crippen molar-refractivity contribution in [1.82, 2.24) is 20.1 Å². The van der Waals surface area contributed by atoms with E-state index in [1.807, 2.05) is 24.9 Å². The zero-order chi connectivity index (χ0) is 31.5. The molecule has 43 heavy (non-hydrogen) atoms. The number of carbonyl (C=O) groups excluding carboxylic acids is 1. The summed E-state index contributed by atoms with van der Waals surface area (Å²) in [5.74, 6) is 1.22. The Morgan fingerprint density at radius 1 is 1.14 bits per heavy atom. The number of hydrogen-bond donors (Lipinski definition) is 3. The van der Waals surface area contributed by atoms with E-state index in [2.05, 4.69) is 89.8 Å². The van der Waals surface area contributed by atoms with Gasteiger partial charge in [-0.25, -0.2) is 0 Å². The second kappa shape index (κ2) is 20.3. The largest absolute Gasteiger partial charge is 0.380 e. The van der Waals surface area contributed by atoms with Crippen LogP contribution in [0.5, 0.6) is 0 Å². The molecule has 1 aromatic heterocycles. The number of nitrogens with zero attached hydrogens (tertiary/aromatic N) is 3. The van der Waals surface area contributed by atoms with Gasteiger partial charge < -0.3 is 30.2 Å². The smallest absolute Gasteiger partial charge is 0.207 e. The zero-order valence-electron chi connectivity index (χ0n) is 27.1. The molecule has 0 spiro atoms. The fourth-order valence-corrected chi connectivity index (χ4v) is 5.06. The second-order valence-corrected chi connectivity index (χ2v) is 10.6. The third-order valence-electron chi connectivity index (χ3n) is 7.65. The highest BCUT2D eigenvalue weighted by atomic mass is 16.5. The Morgan fingerprint density at radius 2 is 1.93 bits per heavy atom. The molecule has 1 amide bonds. The molecule has 8 heteroatoms. The number of aryl methyl sites for hydroxylation is 1. The van der Waals surface area contributed by atoms with Crippen LogP contribution >= 0.6 is 0 Å². The molecule has 2 aromatic rings. The molecule has 0 aliphatic rings. The number of aromatic nitrogens is 1. The molecule has 0 bridgehead atoms.